The largest absolute Gasteiger partial charge is 0.469 e. The van der Waals surface area contributed by atoms with Crippen LogP contribution in [0.25, 0.3) is 0 Å². The van der Waals surface area contributed by atoms with Crippen molar-refractivity contribution in [3.63, 3.8) is 0 Å². The molecule has 0 spiro atoms. The third-order valence-corrected chi connectivity index (χ3v) is 4.21. The van der Waals surface area contributed by atoms with Crippen LogP contribution in [0, 0.1) is 5.41 Å². The maximum absolute atomic E-state index is 11.6. The first kappa shape index (κ1) is 14.5. The SMILES string of the molecule is CCC1(C)CC(CC(=O)OC)(C(C)N)CCO1. The summed E-state index contributed by atoms with van der Waals surface area (Å²) in [7, 11) is 1.43. The van der Waals surface area contributed by atoms with Crippen LogP contribution in [-0.2, 0) is 14.3 Å². The number of methoxy groups -OCH3 is 1. The molecule has 3 atom stereocenters. The summed E-state index contributed by atoms with van der Waals surface area (Å²) >= 11 is 0. The average Bonchev–Trinajstić information content (AvgIpc) is 2.28. The first-order valence-corrected chi connectivity index (χ1v) is 6.34. The van der Waals surface area contributed by atoms with Crippen molar-refractivity contribution in [2.45, 2.75) is 58.1 Å². The number of esters is 1. The molecule has 1 heterocycles. The van der Waals surface area contributed by atoms with Crippen LogP contribution < -0.4 is 5.73 Å². The highest BCUT2D eigenvalue weighted by atomic mass is 16.5. The second-order valence-corrected chi connectivity index (χ2v) is 5.48. The van der Waals surface area contributed by atoms with Gasteiger partial charge < -0.3 is 15.2 Å². The summed E-state index contributed by atoms with van der Waals surface area (Å²) in [5, 5.41) is 0. The highest BCUT2D eigenvalue weighted by Gasteiger charge is 2.46. The summed E-state index contributed by atoms with van der Waals surface area (Å²) in [5.74, 6) is -0.178. The van der Waals surface area contributed by atoms with Crippen molar-refractivity contribution < 1.29 is 14.3 Å². The molecule has 4 nitrogen and oxygen atoms in total. The molecule has 100 valence electrons. The summed E-state index contributed by atoms with van der Waals surface area (Å²) in [5.41, 5.74) is 5.77. The third-order valence-electron chi connectivity index (χ3n) is 4.21. The van der Waals surface area contributed by atoms with E-state index in [2.05, 4.69) is 13.8 Å². The lowest BCUT2D eigenvalue weighted by atomic mass is 9.66. The number of hydrogen-bond acceptors (Lipinski definition) is 4. The molecule has 1 aliphatic heterocycles. The van der Waals surface area contributed by atoms with E-state index in [0.29, 0.717) is 13.0 Å². The fourth-order valence-electron chi connectivity index (χ4n) is 2.67. The molecule has 0 bridgehead atoms. The first-order chi connectivity index (χ1) is 7.87. The molecule has 1 fully saturated rings. The van der Waals surface area contributed by atoms with Gasteiger partial charge in [0.25, 0.3) is 0 Å². The van der Waals surface area contributed by atoms with E-state index >= 15 is 0 Å². The first-order valence-electron chi connectivity index (χ1n) is 6.34. The van der Waals surface area contributed by atoms with E-state index in [4.69, 9.17) is 15.2 Å². The molecule has 1 rings (SSSR count). The van der Waals surface area contributed by atoms with Crippen LogP contribution in [-0.4, -0.2) is 31.3 Å². The van der Waals surface area contributed by atoms with Crippen LogP contribution in [0.3, 0.4) is 0 Å². The second kappa shape index (κ2) is 5.36. The van der Waals surface area contributed by atoms with Gasteiger partial charge in [-0.15, -0.1) is 0 Å². The Labute approximate surface area is 104 Å². The number of nitrogens with two attached hydrogens (primary N) is 1. The maximum atomic E-state index is 11.6. The zero-order valence-electron chi connectivity index (χ0n) is 11.4. The van der Waals surface area contributed by atoms with Crippen molar-refractivity contribution >= 4 is 5.97 Å². The average molecular weight is 243 g/mol. The molecule has 1 aliphatic rings. The molecular weight excluding hydrogens is 218 g/mol. The topological polar surface area (TPSA) is 61.5 Å². The molecule has 0 radical (unpaired) electrons. The molecule has 0 aliphatic carbocycles. The van der Waals surface area contributed by atoms with Crippen molar-refractivity contribution in [2.75, 3.05) is 13.7 Å². The highest BCUT2D eigenvalue weighted by Crippen LogP contribution is 2.44. The van der Waals surface area contributed by atoms with E-state index in [-0.39, 0.29) is 23.0 Å². The number of ether oxygens (including phenoxy) is 2. The fourth-order valence-corrected chi connectivity index (χ4v) is 2.67. The Morgan fingerprint density at radius 2 is 2.24 bits per heavy atom. The highest BCUT2D eigenvalue weighted by molar-refractivity contribution is 5.70. The van der Waals surface area contributed by atoms with Gasteiger partial charge in [0.05, 0.1) is 19.1 Å². The van der Waals surface area contributed by atoms with Gasteiger partial charge >= 0.3 is 5.97 Å². The van der Waals surface area contributed by atoms with E-state index in [1.807, 2.05) is 6.92 Å². The van der Waals surface area contributed by atoms with Gasteiger partial charge in [-0.3, -0.25) is 4.79 Å². The minimum Gasteiger partial charge on any atom is -0.469 e. The normalized spacial score (nSPS) is 35.4. The van der Waals surface area contributed by atoms with Crippen molar-refractivity contribution in [3.8, 4) is 0 Å². The van der Waals surface area contributed by atoms with Crippen LogP contribution >= 0.6 is 0 Å². The Balaban J connectivity index is 2.87. The minimum atomic E-state index is -0.184. The van der Waals surface area contributed by atoms with E-state index in [1.165, 1.54) is 7.11 Å². The van der Waals surface area contributed by atoms with Crippen LogP contribution in [0.5, 0.6) is 0 Å². The summed E-state index contributed by atoms with van der Waals surface area (Å²) in [6.45, 7) is 6.85. The van der Waals surface area contributed by atoms with E-state index in [0.717, 1.165) is 19.3 Å². The summed E-state index contributed by atoms with van der Waals surface area (Å²) in [6, 6.07) is -0.0311. The molecule has 0 aromatic rings. The second-order valence-electron chi connectivity index (χ2n) is 5.48. The number of carbonyl (C=O) groups is 1. The van der Waals surface area contributed by atoms with E-state index < -0.39 is 0 Å². The van der Waals surface area contributed by atoms with Gasteiger partial charge in [0, 0.05) is 18.1 Å². The summed E-state index contributed by atoms with van der Waals surface area (Å²) in [6.07, 6.45) is 2.97. The Bertz CT molecular complexity index is 280. The van der Waals surface area contributed by atoms with Gasteiger partial charge in [0.2, 0.25) is 0 Å². The molecule has 4 heteroatoms. The molecule has 17 heavy (non-hydrogen) atoms. The third kappa shape index (κ3) is 3.19. The molecular formula is C13H25NO3. The van der Waals surface area contributed by atoms with Gasteiger partial charge in [0.1, 0.15) is 0 Å². The van der Waals surface area contributed by atoms with Crippen LogP contribution in [0.15, 0.2) is 0 Å². The molecule has 0 amide bonds. The molecule has 0 saturated carbocycles. The Kier molecular flexibility index (Phi) is 4.55. The van der Waals surface area contributed by atoms with Crippen molar-refractivity contribution in [3.05, 3.63) is 0 Å². The predicted molar refractivity (Wildman–Crippen MR) is 66.6 cm³/mol. The Morgan fingerprint density at radius 3 is 2.71 bits per heavy atom. The van der Waals surface area contributed by atoms with Crippen LogP contribution in [0.1, 0.15) is 46.5 Å². The maximum Gasteiger partial charge on any atom is 0.306 e. The zero-order valence-corrected chi connectivity index (χ0v) is 11.4. The van der Waals surface area contributed by atoms with E-state index in [1.54, 1.807) is 0 Å². The van der Waals surface area contributed by atoms with Crippen LogP contribution in [0.2, 0.25) is 0 Å². The molecule has 3 unspecified atom stereocenters. The molecule has 1 saturated heterocycles. The van der Waals surface area contributed by atoms with Gasteiger partial charge in [-0.2, -0.15) is 0 Å². The van der Waals surface area contributed by atoms with Gasteiger partial charge in [-0.25, -0.2) is 0 Å². The lowest BCUT2D eigenvalue weighted by Gasteiger charge is -2.48. The molecule has 2 N–H and O–H groups in total. The van der Waals surface area contributed by atoms with Gasteiger partial charge in [0.15, 0.2) is 0 Å². The van der Waals surface area contributed by atoms with Gasteiger partial charge in [-0.05, 0) is 33.1 Å². The standard InChI is InChI=1S/C13H25NO3/c1-5-12(3)9-13(10(2)14,6-7-17-12)8-11(15)16-4/h10H,5-9,14H2,1-4H3. The van der Waals surface area contributed by atoms with Crippen molar-refractivity contribution in [2.24, 2.45) is 11.1 Å². The summed E-state index contributed by atoms with van der Waals surface area (Å²) in [4.78, 5) is 11.6. The zero-order chi connectivity index (χ0) is 13.1. The smallest absolute Gasteiger partial charge is 0.306 e. The number of carbonyl (C=O) groups excluding carboxylic acids is 1. The lowest BCUT2D eigenvalue weighted by molar-refractivity contribution is -0.154. The monoisotopic (exact) mass is 243 g/mol. The van der Waals surface area contributed by atoms with Crippen molar-refractivity contribution in [1.82, 2.24) is 0 Å². The fraction of sp³-hybridized carbons (Fsp3) is 0.923. The Morgan fingerprint density at radius 1 is 1.59 bits per heavy atom. The summed E-state index contributed by atoms with van der Waals surface area (Å²) < 4.78 is 10.6. The minimum absolute atomic E-state index is 0.0311. The van der Waals surface area contributed by atoms with E-state index in [9.17, 15) is 4.79 Å². The lowest BCUT2D eigenvalue weighted by Crippen LogP contribution is -2.51. The van der Waals surface area contributed by atoms with Crippen LogP contribution in [0.4, 0.5) is 0 Å². The quantitative estimate of drug-likeness (QED) is 0.766. The molecule has 0 aromatic heterocycles. The van der Waals surface area contributed by atoms with Crippen molar-refractivity contribution in [1.29, 1.82) is 0 Å². The number of hydrogen-bond donors (Lipinski definition) is 1. The van der Waals surface area contributed by atoms with Gasteiger partial charge in [-0.1, -0.05) is 6.92 Å². The Hall–Kier alpha value is -0.610. The predicted octanol–water partition coefficient (Wildman–Crippen LogP) is 1.86. The number of rotatable bonds is 4. The molecule has 0 aromatic carbocycles.